The van der Waals surface area contributed by atoms with Crippen LogP contribution in [0.4, 0.5) is 0 Å². The third-order valence-corrected chi connectivity index (χ3v) is 2.81. The van der Waals surface area contributed by atoms with Gasteiger partial charge < -0.3 is 14.6 Å². The van der Waals surface area contributed by atoms with Crippen molar-refractivity contribution in [2.45, 2.75) is 19.5 Å². The summed E-state index contributed by atoms with van der Waals surface area (Å²) in [7, 11) is 1.67. The molecule has 0 fully saturated rings. The Morgan fingerprint density at radius 3 is 2.95 bits per heavy atom. The number of hydrogen-bond donors (Lipinski definition) is 2. The number of aromatic amines is 1. The van der Waals surface area contributed by atoms with Gasteiger partial charge in [-0.15, -0.1) is 0 Å². The van der Waals surface area contributed by atoms with Crippen LogP contribution in [0, 0.1) is 0 Å². The van der Waals surface area contributed by atoms with Gasteiger partial charge in [0.25, 0.3) is 5.91 Å². The molecule has 2 amide bonds. The van der Waals surface area contributed by atoms with Gasteiger partial charge in [0, 0.05) is 25.4 Å². The number of aromatic nitrogens is 2. The fourth-order valence-electron chi connectivity index (χ4n) is 1.78. The molecule has 2 rings (SSSR count). The Hall–Kier alpha value is -2.57. The molecule has 0 bridgehead atoms. The first kappa shape index (κ1) is 13.9. The van der Waals surface area contributed by atoms with Gasteiger partial charge in [0.1, 0.15) is 6.04 Å². The zero-order valence-electron chi connectivity index (χ0n) is 11.3. The Morgan fingerprint density at radius 2 is 2.35 bits per heavy atom. The SMILES string of the molecule is CC(NC(=O)c1ccco1)C(=O)N(C)Cc1cn[nH]c1. The number of hydrogen-bond acceptors (Lipinski definition) is 4. The Bertz CT molecular complexity index is 562. The summed E-state index contributed by atoms with van der Waals surface area (Å²) in [6, 6.07) is 2.53. The maximum absolute atomic E-state index is 12.1. The lowest BCUT2D eigenvalue weighted by atomic mass is 10.2. The zero-order valence-corrected chi connectivity index (χ0v) is 11.3. The molecule has 0 aromatic carbocycles. The van der Waals surface area contributed by atoms with E-state index in [1.807, 2.05) is 0 Å². The summed E-state index contributed by atoms with van der Waals surface area (Å²) < 4.78 is 4.97. The topological polar surface area (TPSA) is 91.2 Å². The summed E-state index contributed by atoms with van der Waals surface area (Å²) in [5.41, 5.74) is 0.894. The van der Waals surface area contributed by atoms with Crippen LogP contribution in [0.3, 0.4) is 0 Å². The van der Waals surface area contributed by atoms with E-state index in [-0.39, 0.29) is 11.7 Å². The second-order valence-electron chi connectivity index (χ2n) is 4.47. The summed E-state index contributed by atoms with van der Waals surface area (Å²) in [6.07, 6.45) is 4.78. The van der Waals surface area contributed by atoms with E-state index in [0.717, 1.165) is 5.56 Å². The molecule has 2 N–H and O–H groups in total. The predicted molar refractivity (Wildman–Crippen MR) is 70.7 cm³/mol. The standard InChI is InChI=1S/C13H16N4O3/c1-9(16-12(18)11-4-3-5-20-11)13(19)17(2)8-10-6-14-15-7-10/h3-7,9H,8H2,1-2H3,(H,14,15)(H,16,18). The van der Waals surface area contributed by atoms with Crippen molar-refractivity contribution in [3.8, 4) is 0 Å². The Kier molecular flexibility index (Phi) is 4.19. The van der Waals surface area contributed by atoms with Crippen LogP contribution in [-0.4, -0.2) is 40.0 Å². The molecule has 0 aliphatic carbocycles. The molecule has 0 aliphatic heterocycles. The molecule has 1 atom stereocenters. The Balaban J connectivity index is 1.89. The second kappa shape index (κ2) is 6.05. The lowest BCUT2D eigenvalue weighted by molar-refractivity contribution is -0.132. The first-order valence-electron chi connectivity index (χ1n) is 6.15. The first-order chi connectivity index (χ1) is 9.58. The van der Waals surface area contributed by atoms with Crippen LogP contribution < -0.4 is 5.32 Å². The highest BCUT2D eigenvalue weighted by Crippen LogP contribution is 2.04. The van der Waals surface area contributed by atoms with Crippen LogP contribution in [0.5, 0.6) is 0 Å². The minimum atomic E-state index is -0.635. The van der Waals surface area contributed by atoms with E-state index in [2.05, 4.69) is 15.5 Å². The molecule has 20 heavy (non-hydrogen) atoms. The van der Waals surface area contributed by atoms with Crippen LogP contribution in [-0.2, 0) is 11.3 Å². The van der Waals surface area contributed by atoms with Gasteiger partial charge in [0.2, 0.25) is 5.91 Å². The lowest BCUT2D eigenvalue weighted by Crippen LogP contribution is -2.45. The normalized spacial score (nSPS) is 11.9. The Morgan fingerprint density at radius 1 is 1.55 bits per heavy atom. The molecule has 7 nitrogen and oxygen atoms in total. The molecular weight excluding hydrogens is 260 g/mol. The number of H-pyrrole nitrogens is 1. The highest BCUT2D eigenvalue weighted by atomic mass is 16.3. The van der Waals surface area contributed by atoms with Gasteiger partial charge in [0.05, 0.1) is 12.5 Å². The maximum atomic E-state index is 12.1. The molecule has 0 aliphatic rings. The average molecular weight is 276 g/mol. The van der Waals surface area contributed by atoms with Gasteiger partial charge in [-0.25, -0.2) is 0 Å². The zero-order chi connectivity index (χ0) is 14.5. The number of nitrogens with zero attached hydrogens (tertiary/aromatic N) is 2. The lowest BCUT2D eigenvalue weighted by Gasteiger charge is -2.21. The van der Waals surface area contributed by atoms with Crippen molar-refractivity contribution in [3.63, 3.8) is 0 Å². The number of furan rings is 1. The second-order valence-corrected chi connectivity index (χ2v) is 4.47. The molecule has 2 heterocycles. The fraction of sp³-hybridized carbons (Fsp3) is 0.308. The molecule has 106 valence electrons. The highest BCUT2D eigenvalue weighted by molar-refractivity contribution is 5.95. The Labute approximate surface area is 116 Å². The summed E-state index contributed by atoms with van der Waals surface area (Å²) >= 11 is 0. The monoisotopic (exact) mass is 276 g/mol. The number of amides is 2. The molecule has 0 radical (unpaired) electrons. The third kappa shape index (κ3) is 3.25. The van der Waals surface area contributed by atoms with Gasteiger partial charge in [-0.05, 0) is 19.1 Å². The van der Waals surface area contributed by atoms with E-state index >= 15 is 0 Å². The number of carbonyl (C=O) groups is 2. The molecule has 7 heteroatoms. The third-order valence-electron chi connectivity index (χ3n) is 2.81. The molecule has 0 saturated carbocycles. The summed E-state index contributed by atoms with van der Waals surface area (Å²) in [6.45, 7) is 2.06. The fourth-order valence-corrected chi connectivity index (χ4v) is 1.78. The number of nitrogens with one attached hydrogen (secondary N) is 2. The number of carbonyl (C=O) groups excluding carboxylic acids is 2. The summed E-state index contributed by atoms with van der Waals surface area (Å²) in [5.74, 6) is -0.416. The van der Waals surface area contributed by atoms with Crippen LogP contribution in [0.2, 0.25) is 0 Å². The van der Waals surface area contributed by atoms with Crippen molar-refractivity contribution in [3.05, 3.63) is 42.1 Å². The van der Waals surface area contributed by atoms with Crippen molar-refractivity contribution in [2.24, 2.45) is 0 Å². The average Bonchev–Trinajstić information content (AvgIpc) is 3.10. The largest absolute Gasteiger partial charge is 0.459 e. The number of likely N-dealkylation sites (N-methyl/N-ethyl adjacent to an activating group) is 1. The van der Waals surface area contributed by atoms with E-state index in [1.54, 1.807) is 38.5 Å². The predicted octanol–water partition coefficient (Wildman–Crippen LogP) is 0.780. The smallest absolute Gasteiger partial charge is 0.287 e. The van der Waals surface area contributed by atoms with Crippen LogP contribution >= 0.6 is 0 Å². The van der Waals surface area contributed by atoms with E-state index < -0.39 is 11.9 Å². The van der Waals surface area contributed by atoms with Crippen molar-refractivity contribution < 1.29 is 14.0 Å². The van der Waals surface area contributed by atoms with Crippen molar-refractivity contribution in [2.75, 3.05) is 7.05 Å². The van der Waals surface area contributed by atoms with Crippen LogP contribution in [0.25, 0.3) is 0 Å². The highest BCUT2D eigenvalue weighted by Gasteiger charge is 2.21. The molecule has 0 saturated heterocycles. The van der Waals surface area contributed by atoms with E-state index in [4.69, 9.17) is 4.42 Å². The maximum Gasteiger partial charge on any atom is 0.287 e. The molecule has 2 aromatic heterocycles. The molecular formula is C13H16N4O3. The molecule has 0 spiro atoms. The van der Waals surface area contributed by atoms with Crippen LogP contribution in [0.1, 0.15) is 23.0 Å². The summed E-state index contributed by atoms with van der Waals surface area (Å²) in [5, 5.41) is 9.10. The van der Waals surface area contributed by atoms with Gasteiger partial charge in [0.15, 0.2) is 5.76 Å². The van der Waals surface area contributed by atoms with Gasteiger partial charge in [-0.3, -0.25) is 14.7 Å². The van der Waals surface area contributed by atoms with Gasteiger partial charge in [-0.1, -0.05) is 0 Å². The van der Waals surface area contributed by atoms with Crippen LogP contribution in [0.15, 0.2) is 35.2 Å². The van der Waals surface area contributed by atoms with Crippen molar-refractivity contribution >= 4 is 11.8 Å². The van der Waals surface area contributed by atoms with E-state index in [0.29, 0.717) is 6.54 Å². The molecule has 2 aromatic rings. The molecule has 1 unspecified atom stereocenters. The van der Waals surface area contributed by atoms with Gasteiger partial charge in [-0.2, -0.15) is 5.10 Å². The quantitative estimate of drug-likeness (QED) is 0.844. The van der Waals surface area contributed by atoms with E-state index in [9.17, 15) is 9.59 Å². The van der Waals surface area contributed by atoms with E-state index in [1.165, 1.54) is 11.2 Å². The first-order valence-corrected chi connectivity index (χ1v) is 6.15. The minimum Gasteiger partial charge on any atom is -0.459 e. The van der Waals surface area contributed by atoms with Crippen molar-refractivity contribution in [1.29, 1.82) is 0 Å². The summed E-state index contributed by atoms with van der Waals surface area (Å²) in [4.78, 5) is 25.4. The number of rotatable bonds is 5. The minimum absolute atomic E-state index is 0.183. The van der Waals surface area contributed by atoms with Gasteiger partial charge >= 0.3 is 0 Å². The van der Waals surface area contributed by atoms with Crippen molar-refractivity contribution in [1.82, 2.24) is 20.4 Å².